The largest absolute Gasteiger partial charge is 0.381 e. The predicted octanol–water partition coefficient (Wildman–Crippen LogP) is 0.582. The Balaban J connectivity index is 0.00000200. The minimum atomic E-state index is -0.649. The molecule has 106 valence electrons. The molecule has 3 amide bonds. The van der Waals surface area contributed by atoms with E-state index in [9.17, 15) is 14.4 Å². The number of benzene rings is 1. The summed E-state index contributed by atoms with van der Waals surface area (Å²) in [6, 6.07) is 7.53. The number of nitrogens with one attached hydrogen (secondary N) is 2. The van der Waals surface area contributed by atoms with Gasteiger partial charge in [0.2, 0.25) is 11.8 Å². The molecule has 20 heavy (non-hydrogen) atoms. The Labute approximate surface area is 131 Å². The molecule has 1 fully saturated rings. The number of amides is 3. The summed E-state index contributed by atoms with van der Waals surface area (Å²) in [5, 5.41) is 4.83. The van der Waals surface area contributed by atoms with Crippen molar-refractivity contribution in [2.75, 3.05) is 0 Å². The molecule has 6 heteroatoms. The van der Waals surface area contributed by atoms with Crippen molar-refractivity contribution in [2.45, 2.75) is 32.2 Å². The van der Waals surface area contributed by atoms with Crippen molar-refractivity contribution in [3.63, 3.8) is 0 Å². The number of carbonyl (C=O) groups excluding carboxylic acids is 3. The van der Waals surface area contributed by atoms with Gasteiger partial charge >= 0.3 is 0 Å². The smallest absolute Gasteiger partial charge is 0.248 e. The van der Waals surface area contributed by atoms with Crippen LogP contribution in [-0.4, -0.2) is 23.8 Å². The molecule has 1 aromatic rings. The standard InChI is InChI=1S/C14H15N2O3.W/c1-2-9-4-3-5-10(8-9)13(18)15-11-6-7-12(17)16-14(11)19;/h3-4,8,11H,2,6-7H2,1H3,(H,15,18)(H,16,17,19);/q-1;. The SMILES string of the molecule is CCc1cc[c-]c(C(=O)NC2CCC(=O)NC2=O)c1.[W]. The van der Waals surface area contributed by atoms with Crippen LogP contribution in [-0.2, 0) is 37.1 Å². The van der Waals surface area contributed by atoms with Gasteiger partial charge < -0.3 is 10.1 Å². The van der Waals surface area contributed by atoms with Gasteiger partial charge in [0.05, 0.1) is 0 Å². The maximum atomic E-state index is 12.0. The van der Waals surface area contributed by atoms with Gasteiger partial charge in [0.25, 0.3) is 0 Å². The van der Waals surface area contributed by atoms with Gasteiger partial charge in [-0.1, -0.05) is 12.5 Å². The van der Waals surface area contributed by atoms with Crippen molar-refractivity contribution < 1.29 is 35.4 Å². The predicted molar refractivity (Wildman–Crippen MR) is 68.3 cm³/mol. The number of piperidine rings is 1. The molecule has 0 saturated carbocycles. The van der Waals surface area contributed by atoms with Gasteiger partial charge in [-0.05, 0) is 12.8 Å². The van der Waals surface area contributed by atoms with Gasteiger partial charge in [-0.2, -0.15) is 0 Å². The summed E-state index contributed by atoms with van der Waals surface area (Å²) in [4.78, 5) is 34.5. The number of rotatable bonds is 3. The molecule has 2 rings (SSSR count). The number of carbonyl (C=O) groups is 3. The summed E-state index contributed by atoms with van der Waals surface area (Å²) in [7, 11) is 0. The molecule has 0 spiro atoms. The summed E-state index contributed by atoms with van der Waals surface area (Å²) >= 11 is 0. The fourth-order valence-electron chi connectivity index (χ4n) is 1.93. The first-order valence-electron chi connectivity index (χ1n) is 6.25. The molecular formula is C14H15N2O3W-. The Kier molecular flexibility index (Phi) is 6.08. The van der Waals surface area contributed by atoms with Crippen molar-refractivity contribution >= 4 is 17.7 Å². The molecule has 1 heterocycles. The molecule has 0 bridgehead atoms. The van der Waals surface area contributed by atoms with E-state index < -0.39 is 11.9 Å². The summed E-state index contributed by atoms with van der Waals surface area (Å²) in [5.74, 6) is -1.09. The van der Waals surface area contributed by atoms with Crippen molar-refractivity contribution in [1.82, 2.24) is 10.6 Å². The summed E-state index contributed by atoms with van der Waals surface area (Å²) < 4.78 is 0. The van der Waals surface area contributed by atoms with Gasteiger partial charge in [0.15, 0.2) is 5.91 Å². The molecule has 5 nitrogen and oxygen atoms in total. The molecule has 0 radical (unpaired) electrons. The van der Waals surface area contributed by atoms with Crippen LogP contribution in [0.25, 0.3) is 0 Å². The fourth-order valence-corrected chi connectivity index (χ4v) is 1.93. The average Bonchev–Trinajstić information content (AvgIpc) is 2.42. The van der Waals surface area contributed by atoms with Crippen molar-refractivity contribution in [1.29, 1.82) is 0 Å². The number of imide groups is 1. The molecule has 0 aromatic heterocycles. The zero-order chi connectivity index (χ0) is 13.8. The Morgan fingerprint density at radius 2 is 2.25 bits per heavy atom. The van der Waals surface area contributed by atoms with Crippen LogP contribution in [0.4, 0.5) is 0 Å². The van der Waals surface area contributed by atoms with E-state index in [-0.39, 0.29) is 39.3 Å². The third-order valence-corrected chi connectivity index (χ3v) is 3.06. The van der Waals surface area contributed by atoms with Gasteiger partial charge in [-0.3, -0.25) is 14.9 Å². The molecule has 2 N–H and O–H groups in total. The summed E-state index contributed by atoms with van der Waals surface area (Å²) in [6.07, 6.45) is 1.41. The van der Waals surface area contributed by atoms with E-state index >= 15 is 0 Å². The van der Waals surface area contributed by atoms with Crippen LogP contribution in [0, 0.1) is 6.07 Å². The van der Waals surface area contributed by atoms with Crippen LogP contribution in [0.1, 0.15) is 35.7 Å². The monoisotopic (exact) mass is 443 g/mol. The second-order valence-corrected chi connectivity index (χ2v) is 4.44. The van der Waals surface area contributed by atoms with Crippen LogP contribution < -0.4 is 10.6 Å². The van der Waals surface area contributed by atoms with Crippen LogP contribution in [0.2, 0.25) is 0 Å². The summed E-state index contributed by atoms with van der Waals surface area (Å²) in [6.45, 7) is 2.00. The van der Waals surface area contributed by atoms with E-state index in [4.69, 9.17) is 0 Å². The third kappa shape index (κ3) is 4.00. The van der Waals surface area contributed by atoms with Crippen LogP contribution >= 0.6 is 0 Å². The van der Waals surface area contributed by atoms with Crippen LogP contribution in [0.3, 0.4) is 0 Å². The second-order valence-electron chi connectivity index (χ2n) is 4.44. The van der Waals surface area contributed by atoms with Gasteiger partial charge in [-0.25, -0.2) is 0 Å². The molecule has 1 aliphatic rings. The molecule has 1 unspecified atom stereocenters. The average molecular weight is 443 g/mol. The van der Waals surface area contributed by atoms with E-state index in [1.54, 1.807) is 12.1 Å². The minimum absolute atomic E-state index is 0. The van der Waals surface area contributed by atoms with Gasteiger partial charge in [0.1, 0.15) is 6.04 Å². The van der Waals surface area contributed by atoms with E-state index in [2.05, 4.69) is 16.7 Å². The van der Waals surface area contributed by atoms with Gasteiger partial charge in [-0.15, -0.1) is 29.8 Å². The first-order chi connectivity index (χ1) is 9.10. The number of aryl methyl sites for hydroxylation is 1. The molecule has 1 aliphatic heterocycles. The Morgan fingerprint density at radius 3 is 2.90 bits per heavy atom. The molecular weight excluding hydrogens is 428 g/mol. The fraction of sp³-hybridized carbons (Fsp3) is 0.357. The minimum Gasteiger partial charge on any atom is -0.381 e. The van der Waals surface area contributed by atoms with E-state index in [0.29, 0.717) is 12.0 Å². The number of hydrogen-bond donors (Lipinski definition) is 2. The second kappa shape index (κ2) is 7.34. The van der Waals surface area contributed by atoms with E-state index in [1.165, 1.54) is 0 Å². The van der Waals surface area contributed by atoms with Crippen molar-refractivity contribution in [3.05, 3.63) is 35.4 Å². The summed E-state index contributed by atoms with van der Waals surface area (Å²) in [5.41, 5.74) is 1.44. The third-order valence-electron chi connectivity index (χ3n) is 3.06. The molecule has 1 atom stereocenters. The first kappa shape index (κ1) is 16.6. The van der Waals surface area contributed by atoms with Crippen LogP contribution in [0.5, 0.6) is 0 Å². The molecule has 1 saturated heterocycles. The normalized spacial score (nSPS) is 17.9. The van der Waals surface area contributed by atoms with Crippen molar-refractivity contribution in [2.24, 2.45) is 0 Å². The quantitative estimate of drug-likeness (QED) is 0.531. The Morgan fingerprint density at radius 1 is 1.50 bits per heavy atom. The van der Waals surface area contributed by atoms with Crippen molar-refractivity contribution in [3.8, 4) is 0 Å². The number of hydrogen-bond acceptors (Lipinski definition) is 3. The van der Waals surface area contributed by atoms with Crippen LogP contribution in [0.15, 0.2) is 18.2 Å². The topological polar surface area (TPSA) is 75.3 Å². The molecule has 0 aliphatic carbocycles. The Hall–Kier alpha value is -1.48. The Bertz CT molecular complexity index is 531. The van der Waals surface area contributed by atoms with Gasteiger partial charge in [0, 0.05) is 27.5 Å². The van der Waals surface area contributed by atoms with E-state index in [1.807, 2.05) is 13.0 Å². The zero-order valence-corrected chi connectivity index (χ0v) is 14.0. The zero-order valence-electron chi connectivity index (χ0n) is 11.1. The first-order valence-corrected chi connectivity index (χ1v) is 6.25. The maximum Gasteiger partial charge on any atom is 0.248 e. The molecule has 1 aromatic carbocycles. The maximum absolute atomic E-state index is 12.0. The van der Waals surface area contributed by atoms with E-state index in [0.717, 1.165) is 12.0 Å².